The minimum atomic E-state index is -3.98. The van der Waals surface area contributed by atoms with Gasteiger partial charge in [0.15, 0.2) is 0 Å². The maximum atomic E-state index is 11.3. The molecule has 1 aliphatic rings. The summed E-state index contributed by atoms with van der Waals surface area (Å²) in [6, 6.07) is 0. The van der Waals surface area contributed by atoms with E-state index in [0.29, 0.717) is 6.42 Å². The molecule has 1 aromatic rings. The smallest absolute Gasteiger partial charge is 0.266 e. The molecule has 2 rings (SSSR count). The Hall–Kier alpha value is -0.710. The Morgan fingerprint density at radius 2 is 2.26 bits per heavy atom. The molecule has 1 saturated heterocycles. The van der Waals surface area contributed by atoms with Crippen LogP contribution < -0.4 is 5.32 Å². The van der Waals surface area contributed by atoms with Crippen LogP contribution in [0.1, 0.15) is 32.1 Å². The zero-order chi connectivity index (χ0) is 17.0. The standard InChI is InChI=1S/C10H19NO4S3.C3H4N2/c12-10(11-6-8-18(13,14)15)4-2-1-3-9-5-7-16-17-9;1-2-5-3-4-1/h9H,1-8H2,(H,11,12)(H,13,14,15);1-3H,(H,4,5). The molecule has 3 N–H and O–H groups in total. The third-order valence-electron chi connectivity index (χ3n) is 3.00. The van der Waals surface area contributed by atoms with Gasteiger partial charge >= 0.3 is 0 Å². The predicted molar refractivity (Wildman–Crippen MR) is 94.9 cm³/mol. The topological polar surface area (TPSA) is 112 Å². The van der Waals surface area contributed by atoms with Crippen molar-refractivity contribution >= 4 is 37.6 Å². The van der Waals surface area contributed by atoms with Crippen LogP contribution >= 0.6 is 21.6 Å². The van der Waals surface area contributed by atoms with Crippen LogP contribution in [-0.2, 0) is 14.9 Å². The third-order valence-corrected chi connectivity index (χ3v) is 6.72. The molecule has 0 spiro atoms. The summed E-state index contributed by atoms with van der Waals surface area (Å²) in [4.78, 5) is 17.7. The number of H-pyrrole nitrogens is 1. The molecular formula is C13H23N3O4S3. The average molecular weight is 382 g/mol. The first-order valence-electron chi connectivity index (χ1n) is 7.40. The molecule has 10 heteroatoms. The molecule has 0 aliphatic carbocycles. The van der Waals surface area contributed by atoms with Crippen molar-refractivity contribution in [1.29, 1.82) is 0 Å². The van der Waals surface area contributed by atoms with E-state index in [1.165, 1.54) is 12.2 Å². The van der Waals surface area contributed by atoms with Gasteiger partial charge in [-0.05, 0) is 19.3 Å². The summed E-state index contributed by atoms with van der Waals surface area (Å²) in [7, 11) is -0.120. The predicted octanol–water partition coefficient (Wildman–Crippen LogP) is 2.11. The van der Waals surface area contributed by atoms with Gasteiger partial charge in [-0.25, -0.2) is 4.98 Å². The van der Waals surface area contributed by atoms with Gasteiger partial charge in [0.05, 0.1) is 12.1 Å². The van der Waals surface area contributed by atoms with Gasteiger partial charge in [0.1, 0.15) is 0 Å². The highest BCUT2D eigenvalue weighted by Crippen LogP contribution is 2.39. The summed E-state index contributed by atoms with van der Waals surface area (Å²) in [6.07, 6.45) is 9.78. The lowest BCUT2D eigenvalue weighted by atomic mass is 10.1. The fourth-order valence-corrected chi connectivity index (χ4v) is 5.23. The molecule has 1 fully saturated rings. The minimum Gasteiger partial charge on any atom is -0.355 e. The largest absolute Gasteiger partial charge is 0.355 e. The second-order valence-corrected chi connectivity index (χ2v) is 9.33. The second-order valence-electron chi connectivity index (χ2n) is 4.97. The van der Waals surface area contributed by atoms with E-state index in [9.17, 15) is 13.2 Å². The third kappa shape index (κ3) is 12.4. The lowest BCUT2D eigenvalue weighted by molar-refractivity contribution is -0.121. The number of aromatic nitrogens is 2. The molecule has 0 aromatic carbocycles. The molecule has 0 radical (unpaired) electrons. The van der Waals surface area contributed by atoms with Crippen molar-refractivity contribution in [2.75, 3.05) is 18.1 Å². The van der Waals surface area contributed by atoms with Crippen LogP contribution in [0.5, 0.6) is 0 Å². The number of carbonyl (C=O) groups is 1. The Morgan fingerprint density at radius 1 is 1.43 bits per heavy atom. The van der Waals surface area contributed by atoms with Crippen molar-refractivity contribution in [2.45, 2.75) is 37.4 Å². The summed E-state index contributed by atoms with van der Waals surface area (Å²) < 4.78 is 29.3. The van der Waals surface area contributed by atoms with Gasteiger partial charge < -0.3 is 10.3 Å². The first-order chi connectivity index (χ1) is 11.0. The van der Waals surface area contributed by atoms with Crippen molar-refractivity contribution in [3.63, 3.8) is 0 Å². The molecule has 1 amide bonds. The maximum Gasteiger partial charge on any atom is 0.266 e. The first kappa shape index (κ1) is 20.3. The van der Waals surface area contributed by atoms with Gasteiger partial charge in [-0.15, -0.1) is 0 Å². The number of amides is 1. The van der Waals surface area contributed by atoms with Crippen LogP contribution in [0.25, 0.3) is 0 Å². The summed E-state index contributed by atoms with van der Waals surface area (Å²) in [6.45, 7) is -0.0210. The number of rotatable bonds is 8. The van der Waals surface area contributed by atoms with E-state index in [2.05, 4.69) is 15.3 Å². The van der Waals surface area contributed by atoms with Crippen LogP contribution in [0.4, 0.5) is 0 Å². The highest BCUT2D eigenvalue weighted by Gasteiger charge is 2.15. The molecule has 7 nitrogen and oxygen atoms in total. The molecule has 1 aliphatic heterocycles. The lowest BCUT2D eigenvalue weighted by Gasteiger charge is -2.07. The summed E-state index contributed by atoms with van der Waals surface area (Å²) in [5, 5.41) is 3.21. The SMILES string of the molecule is O=C(CCCCC1CCSS1)NCCS(=O)(=O)O.c1c[nH]cn1. The number of nitrogens with one attached hydrogen (secondary N) is 2. The zero-order valence-electron chi connectivity index (χ0n) is 12.8. The second kappa shape index (κ2) is 11.8. The molecule has 1 aromatic heterocycles. The van der Waals surface area contributed by atoms with Crippen molar-refractivity contribution in [2.24, 2.45) is 0 Å². The van der Waals surface area contributed by atoms with Crippen molar-refractivity contribution in [1.82, 2.24) is 15.3 Å². The highest BCUT2D eigenvalue weighted by molar-refractivity contribution is 8.77. The highest BCUT2D eigenvalue weighted by atomic mass is 33.1. The quantitative estimate of drug-likeness (QED) is 0.359. The van der Waals surface area contributed by atoms with Gasteiger partial charge in [0, 0.05) is 36.4 Å². The fraction of sp³-hybridized carbons (Fsp3) is 0.692. The van der Waals surface area contributed by atoms with Crippen LogP contribution in [-0.4, -0.2) is 52.1 Å². The van der Waals surface area contributed by atoms with Crippen LogP contribution in [0.2, 0.25) is 0 Å². The monoisotopic (exact) mass is 381 g/mol. The molecule has 132 valence electrons. The summed E-state index contributed by atoms with van der Waals surface area (Å²) >= 11 is 0. The van der Waals surface area contributed by atoms with Gasteiger partial charge in [0.2, 0.25) is 5.91 Å². The summed E-state index contributed by atoms with van der Waals surface area (Å²) in [5.74, 6) is 0.659. The van der Waals surface area contributed by atoms with Gasteiger partial charge in [-0.2, -0.15) is 8.42 Å². The molecule has 23 heavy (non-hydrogen) atoms. The Bertz CT molecular complexity index is 499. The van der Waals surface area contributed by atoms with Crippen molar-refractivity contribution in [3.05, 3.63) is 18.7 Å². The van der Waals surface area contributed by atoms with Gasteiger partial charge in [-0.3, -0.25) is 9.35 Å². The Kier molecular flexibility index (Phi) is 10.4. The Balaban J connectivity index is 0.000000446. The van der Waals surface area contributed by atoms with Crippen molar-refractivity contribution in [3.8, 4) is 0 Å². The van der Waals surface area contributed by atoms with Gasteiger partial charge in [-0.1, -0.05) is 28.0 Å². The number of imidazole rings is 1. The van der Waals surface area contributed by atoms with E-state index < -0.39 is 15.9 Å². The number of carbonyl (C=O) groups excluding carboxylic acids is 1. The molecule has 1 atom stereocenters. The van der Waals surface area contributed by atoms with E-state index in [1.54, 1.807) is 18.7 Å². The minimum absolute atomic E-state index is 0.0210. The number of unbranched alkanes of at least 4 members (excludes halogenated alkanes) is 1. The normalized spacial score (nSPS) is 17.3. The number of hydrogen-bond acceptors (Lipinski definition) is 6. The van der Waals surface area contributed by atoms with Crippen molar-refractivity contribution < 1.29 is 17.8 Å². The van der Waals surface area contributed by atoms with Crippen LogP contribution in [0, 0.1) is 0 Å². The molecule has 0 bridgehead atoms. The van der Waals surface area contributed by atoms with E-state index in [-0.39, 0.29) is 12.5 Å². The lowest BCUT2D eigenvalue weighted by Crippen LogP contribution is -2.28. The Morgan fingerprint density at radius 3 is 2.78 bits per heavy atom. The van der Waals surface area contributed by atoms with E-state index in [4.69, 9.17) is 4.55 Å². The Labute approximate surface area is 144 Å². The molecule has 2 heterocycles. The number of nitrogens with zero attached hydrogens (tertiary/aromatic N) is 1. The summed E-state index contributed by atoms with van der Waals surface area (Å²) in [5.41, 5.74) is 0. The van der Waals surface area contributed by atoms with Gasteiger partial charge in [0.25, 0.3) is 10.1 Å². The van der Waals surface area contributed by atoms with E-state index in [1.807, 2.05) is 21.6 Å². The number of aromatic amines is 1. The molecule has 0 saturated carbocycles. The van der Waals surface area contributed by atoms with E-state index in [0.717, 1.165) is 24.5 Å². The first-order valence-corrected chi connectivity index (χ1v) is 11.4. The maximum absolute atomic E-state index is 11.3. The zero-order valence-corrected chi connectivity index (χ0v) is 15.3. The fourth-order valence-electron chi connectivity index (χ4n) is 1.85. The van der Waals surface area contributed by atoms with Crippen LogP contribution in [0.3, 0.4) is 0 Å². The van der Waals surface area contributed by atoms with E-state index >= 15 is 0 Å². The average Bonchev–Trinajstić information content (AvgIpc) is 3.17. The molecular weight excluding hydrogens is 358 g/mol. The van der Waals surface area contributed by atoms with Crippen LogP contribution in [0.15, 0.2) is 18.7 Å². The number of hydrogen-bond donors (Lipinski definition) is 3. The molecule has 1 unspecified atom stereocenters.